The van der Waals surface area contributed by atoms with Crippen LogP contribution in [0.3, 0.4) is 0 Å². The smallest absolute Gasteiger partial charge is 0.322 e. The van der Waals surface area contributed by atoms with Gasteiger partial charge in [0.2, 0.25) is 0 Å². The fourth-order valence-corrected chi connectivity index (χ4v) is 2.60. The molecule has 0 aromatic carbocycles. The number of carbonyl (C=O) groups excluding carboxylic acids is 1. The van der Waals surface area contributed by atoms with Crippen molar-refractivity contribution in [2.24, 2.45) is 11.3 Å². The summed E-state index contributed by atoms with van der Waals surface area (Å²) in [5.41, 5.74) is -0.366. The molecular weight excluding hydrogens is 260 g/mol. The monoisotopic (exact) mass is 286 g/mol. The highest BCUT2D eigenvalue weighted by molar-refractivity contribution is 5.76. The van der Waals surface area contributed by atoms with Gasteiger partial charge < -0.3 is 20.5 Å². The summed E-state index contributed by atoms with van der Waals surface area (Å²) in [7, 11) is 1.38. The Morgan fingerprint density at radius 2 is 2.05 bits per heavy atom. The summed E-state index contributed by atoms with van der Waals surface area (Å²) in [4.78, 5) is 22.8. The van der Waals surface area contributed by atoms with Crippen LogP contribution in [0.25, 0.3) is 0 Å². The van der Waals surface area contributed by atoms with Crippen molar-refractivity contribution in [2.45, 2.75) is 52.2 Å². The minimum Gasteiger partial charge on any atom is -0.480 e. The lowest BCUT2D eigenvalue weighted by atomic mass is 9.86. The Morgan fingerprint density at radius 3 is 2.50 bits per heavy atom. The molecular formula is C14H26N2O4. The summed E-state index contributed by atoms with van der Waals surface area (Å²) in [6, 6.07) is -0.836. The van der Waals surface area contributed by atoms with E-state index in [0.29, 0.717) is 18.9 Å². The van der Waals surface area contributed by atoms with Gasteiger partial charge in [0.25, 0.3) is 0 Å². The highest BCUT2D eigenvalue weighted by atomic mass is 16.5. The largest absolute Gasteiger partial charge is 0.480 e. The Kier molecular flexibility index (Phi) is 5.53. The second-order valence-electron chi connectivity index (χ2n) is 6.61. The van der Waals surface area contributed by atoms with Crippen molar-refractivity contribution in [1.82, 2.24) is 10.6 Å². The third-order valence-corrected chi connectivity index (χ3v) is 3.85. The number of carbonyl (C=O) groups is 2. The first-order chi connectivity index (χ1) is 9.16. The van der Waals surface area contributed by atoms with E-state index in [4.69, 9.17) is 4.74 Å². The van der Waals surface area contributed by atoms with E-state index < -0.39 is 12.0 Å². The number of nitrogens with one attached hydrogen (secondary N) is 2. The summed E-state index contributed by atoms with van der Waals surface area (Å²) in [5.74, 6) is -0.821. The van der Waals surface area contributed by atoms with Gasteiger partial charge in [0.05, 0.1) is 7.11 Å². The van der Waals surface area contributed by atoms with Gasteiger partial charge in [-0.1, -0.05) is 27.7 Å². The summed E-state index contributed by atoms with van der Waals surface area (Å²) < 4.78 is 4.73. The average Bonchev–Trinajstić information content (AvgIpc) is 2.68. The van der Waals surface area contributed by atoms with Crippen molar-refractivity contribution >= 4 is 11.9 Å². The molecule has 0 saturated carbocycles. The zero-order chi connectivity index (χ0) is 15.5. The lowest BCUT2D eigenvalue weighted by Gasteiger charge is -2.29. The van der Waals surface area contributed by atoms with Gasteiger partial charge in [-0.15, -0.1) is 0 Å². The van der Waals surface area contributed by atoms with Crippen LogP contribution in [0.15, 0.2) is 0 Å². The van der Waals surface area contributed by atoms with Crippen LogP contribution in [0, 0.1) is 11.3 Å². The second kappa shape index (κ2) is 6.54. The summed E-state index contributed by atoms with van der Waals surface area (Å²) in [6.45, 7) is 8.24. The molecule has 0 unspecified atom stereocenters. The van der Waals surface area contributed by atoms with Crippen LogP contribution in [-0.4, -0.2) is 48.8 Å². The Hall–Kier alpha value is -1.14. The molecule has 0 aromatic rings. The van der Waals surface area contributed by atoms with Crippen LogP contribution < -0.4 is 10.6 Å². The molecule has 20 heavy (non-hydrogen) atoms. The SMILES string of the molecule is COC(=O)[C@@H]1C[C@@H](C)[C@@H](CN[C@@H](C(=O)O)C(C)(C)C)N1. The molecule has 0 bridgehead atoms. The van der Waals surface area contributed by atoms with Gasteiger partial charge in [-0.25, -0.2) is 0 Å². The van der Waals surface area contributed by atoms with E-state index in [1.165, 1.54) is 7.11 Å². The van der Waals surface area contributed by atoms with Crippen molar-refractivity contribution in [3.05, 3.63) is 0 Å². The number of hydrogen-bond donors (Lipinski definition) is 3. The second-order valence-corrected chi connectivity index (χ2v) is 6.61. The van der Waals surface area contributed by atoms with Crippen LogP contribution in [0.1, 0.15) is 34.1 Å². The molecule has 1 rings (SSSR count). The third-order valence-electron chi connectivity index (χ3n) is 3.85. The molecule has 1 aliphatic heterocycles. The van der Waals surface area contributed by atoms with Gasteiger partial charge in [0.15, 0.2) is 0 Å². The first-order valence-electron chi connectivity index (χ1n) is 6.97. The predicted octanol–water partition coefficient (Wildman–Crippen LogP) is 0.615. The molecule has 0 aliphatic carbocycles. The van der Waals surface area contributed by atoms with Crippen LogP contribution in [0.5, 0.6) is 0 Å². The Balaban J connectivity index is 2.57. The lowest BCUT2D eigenvalue weighted by molar-refractivity contribution is -0.143. The number of methoxy groups -OCH3 is 1. The van der Waals surface area contributed by atoms with E-state index in [1.807, 2.05) is 20.8 Å². The topological polar surface area (TPSA) is 87.7 Å². The molecule has 6 nitrogen and oxygen atoms in total. The van der Waals surface area contributed by atoms with Crippen molar-refractivity contribution in [3.63, 3.8) is 0 Å². The van der Waals surface area contributed by atoms with Gasteiger partial charge in [0, 0.05) is 12.6 Å². The number of carboxylic acid groups (broad SMARTS) is 1. The minimum absolute atomic E-state index is 0.0725. The Labute approximate surface area is 120 Å². The number of rotatable bonds is 5. The molecule has 0 aromatic heterocycles. The number of ether oxygens (including phenoxy) is 1. The van der Waals surface area contributed by atoms with Gasteiger partial charge >= 0.3 is 11.9 Å². The zero-order valence-corrected chi connectivity index (χ0v) is 12.9. The number of esters is 1. The van der Waals surface area contributed by atoms with Crippen molar-refractivity contribution in [1.29, 1.82) is 0 Å². The molecule has 0 amide bonds. The zero-order valence-electron chi connectivity index (χ0n) is 12.9. The van der Waals surface area contributed by atoms with Crippen LogP contribution >= 0.6 is 0 Å². The van der Waals surface area contributed by atoms with E-state index in [2.05, 4.69) is 17.6 Å². The van der Waals surface area contributed by atoms with Crippen LogP contribution in [0.4, 0.5) is 0 Å². The Morgan fingerprint density at radius 1 is 1.45 bits per heavy atom. The van der Waals surface area contributed by atoms with Crippen molar-refractivity contribution < 1.29 is 19.4 Å². The first kappa shape index (κ1) is 16.9. The van der Waals surface area contributed by atoms with E-state index in [9.17, 15) is 14.7 Å². The third kappa shape index (κ3) is 4.18. The first-order valence-corrected chi connectivity index (χ1v) is 6.97. The fraction of sp³-hybridized carbons (Fsp3) is 0.857. The number of carboxylic acids is 1. The predicted molar refractivity (Wildman–Crippen MR) is 75.4 cm³/mol. The maximum Gasteiger partial charge on any atom is 0.322 e. The minimum atomic E-state index is -0.854. The normalized spacial score (nSPS) is 28.1. The summed E-state index contributed by atoms with van der Waals surface area (Å²) in [6.07, 6.45) is 0.715. The highest BCUT2D eigenvalue weighted by Gasteiger charge is 2.37. The maximum absolute atomic E-state index is 11.5. The number of hydrogen-bond acceptors (Lipinski definition) is 5. The molecule has 4 atom stereocenters. The number of aliphatic carboxylic acids is 1. The van der Waals surface area contributed by atoms with Crippen LogP contribution in [-0.2, 0) is 14.3 Å². The fourth-order valence-electron chi connectivity index (χ4n) is 2.60. The summed E-state index contributed by atoms with van der Waals surface area (Å²) in [5, 5.41) is 15.6. The molecule has 1 heterocycles. The van der Waals surface area contributed by atoms with Crippen molar-refractivity contribution in [3.8, 4) is 0 Å². The Bertz CT molecular complexity index is 365. The maximum atomic E-state index is 11.5. The van der Waals surface area contributed by atoms with Crippen molar-refractivity contribution in [2.75, 3.05) is 13.7 Å². The molecule has 1 saturated heterocycles. The molecule has 116 valence electrons. The van der Waals surface area contributed by atoms with Gasteiger partial charge in [-0.2, -0.15) is 0 Å². The van der Waals surface area contributed by atoms with Gasteiger partial charge in [0.1, 0.15) is 12.1 Å². The standard InChI is InChI=1S/C14H26N2O4/c1-8-6-9(13(19)20-5)16-10(8)7-15-11(12(17)18)14(2,3)4/h8-11,15-16H,6-7H2,1-5H3,(H,17,18)/t8-,9+,10-,11+/m1/s1. The quantitative estimate of drug-likeness (QED) is 0.642. The molecule has 6 heteroatoms. The summed E-state index contributed by atoms with van der Waals surface area (Å²) >= 11 is 0. The van der Waals surface area contributed by atoms with Gasteiger partial charge in [-0.3, -0.25) is 9.59 Å². The van der Waals surface area contributed by atoms with E-state index >= 15 is 0 Å². The molecule has 0 spiro atoms. The van der Waals surface area contributed by atoms with Crippen LogP contribution in [0.2, 0.25) is 0 Å². The molecule has 1 aliphatic rings. The van der Waals surface area contributed by atoms with E-state index in [1.54, 1.807) is 0 Å². The molecule has 3 N–H and O–H groups in total. The van der Waals surface area contributed by atoms with Gasteiger partial charge in [-0.05, 0) is 17.8 Å². The van der Waals surface area contributed by atoms with E-state index in [0.717, 1.165) is 0 Å². The average molecular weight is 286 g/mol. The molecule has 1 fully saturated rings. The highest BCUT2D eigenvalue weighted by Crippen LogP contribution is 2.23. The lowest BCUT2D eigenvalue weighted by Crippen LogP contribution is -2.51. The van der Waals surface area contributed by atoms with E-state index in [-0.39, 0.29) is 23.5 Å². The molecule has 0 radical (unpaired) electrons.